The summed E-state index contributed by atoms with van der Waals surface area (Å²) in [7, 11) is 0. The van der Waals surface area contributed by atoms with Crippen LogP contribution in [0.4, 0.5) is 0 Å². The summed E-state index contributed by atoms with van der Waals surface area (Å²) >= 11 is 0. The molecule has 2 aliphatic rings. The van der Waals surface area contributed by atoms with Crippen LogP contribution in [0.3, 0.4) is 0 Å². The zero-order chi connectivity index (χ0) is 11.2. The highest BCUT2D eigenvalue weighted by Gasteiger charge is 2.57. The summed E-state index contributed by atoms with van der Waals surface area (Å²) in [5.74, 6) is 0. The van der Waals surface area contributed by atoms with Gasteiger partial charge in [0, 0.05) is 5.41 Å². The van der Waals surface area contributed by atoms with Crippen LogP contribution in [0.25, 0.3) is 0 Å². The maximum atomic E-state index is 10.6. The molecule has 2 rings (SSSR count). The lowest BCUT2D eigenvalue weighted by Gasteiger charge is -2.60. The van der Waals surface area contributed by atoms with Gasteiger partial charge in [0.15, 0.2) is 0 Å². The SMILES string of the molecule is CC(C)(O)C12CCCCC1(C)CCCC2. The van der Waals surface area contributed by atoms with E-state index in [-0.39, 0.29) is 5.41 Å². The molecule has 1 heteroatoms. The Morgan fingerprint density at radius 2 is 1.27 bits per heavy atom. The number of rotatable bonds is 1. The molecule has 0 aromatic heterocycles. The largest absolute Gasteiger partial charge is 0.390 e. The molecule has 1 nitrogen and oxygen atoms in total. The minimum atomic E-state index is -0.497. The average molecular weight is 210 g/mol. The standard InChI is InChI=1S/C14H26O/c1-12(2,15)14-10-6-4-8-13(14,3)9-5-7-11-14/h15H,4-11H2,1-3H3. The summed E-state index contributed by atoms with van der Waals surface area (Å²) in [6.45, 7) is 6.52. The fourth-order valence-corrected chi connectivity index (χ4v) is 4.57. The van der Waals surface area contributed by atoms with Gasteiger partial charge in [0.25, 0.3) is 0 Å². The van der Waals surface area contributed by atoms with Crippen molar-refractivity contribution in [1.82, 2.24) is 0 Å². The van der Waals surface area contributed by atoms with E-state index in [1.165, 1.54) is 51.4 Å². The first-order chi connectivity index (χ1) is 6.91. The molecule has 0 aromatic carbocycles. The molecule has 0 saturated heterocycles. The lowest BCUT2D eigenvalue weighted by Crippen LogP contribution is -2.57. The van der Waals surface area contributed by atoms with Gasteiger partial charge in [-0.1, -0.05) is 32.6 Å². The van der Waals surface area contributed by atoms with E-state index in [4.69, 9.17) is 0 Å². The molecule has 2 aliphatic carbocycles. The second-order valence-corrected chi connectivity index (χ2v) is 6.62. The maximum absolute atomic E-state index is 10.6. The van der Waals surface area contributed by atoms with E-state index >= 15 is 0 Å². The Labute approximate surface area is 94.3 Å². The van der Waals surface area contributed by atoms with Gasteiger partial charge in [0.1, 0.15) is 0 Å². The predicted octanol–water partition coefficient (Wildman–Crippen LogP) is 3.90. The van der Waals surface area contributed by atoms with Crippen LogP contribution < -0.4 is 0 Å². The van der Waals surface area contributed by atoms with Crippen molar-refractivity contribution in [3.05, 3.63) is 0 Å². The molecular weight excluding hydrogens is 184 g/mol. The smallest absolute Gasteiger partial charge is 0.0652 e. The van der Waals surface area contributed by atoms with Gasteiger partial charge in [0.05, 0.1) is 5.60 Å². The third-order valence-corrected chi connectivity index (χ3v) is 5.49. The fourth-order valence-electron chi connectivity index (χ4n) is 4.57. The molecule has 0 amide bonds. The number of hydrogen-bond acceptors (Lipinski definition) is 1. The van der Waals surface area contributed by atoms with Crippen molar-refractivity contribution in [2.24, 2.45) is 10.8 Å². The van der Waals surface area contributed by atoms with Gasteiger partial charge in [-0.05, 0) is 44.9 Å². The molecule has 1 N–H and O–H groups in total. The first kappa shape index (κ1) is 11.4. The van der Waals surface area contributed by atoms with Crippen LogP contribution in [-0.4, -0.2) is 10.7 Å². The van der Waals surface area contributed by atoms with Gasteiger partial charge < -0.3 is 5.11 Å². The Morgan fingerprint density at radius 1 is 0.867 bits per heavy atom. The molecule has 0 aromatic rings. The Hall–Kier alpha value is -0.0400. The van der Waals surface area contributed by atoms with Crippen molar-refractivity contribution in [3.8, 4) is 0 Å². The van der Waals surface area contributed by atoms with Gasteiger partial charge in [-0.25, -0.2) is 0 Å². The van der Waals surface area contributed by atoms with Gasteiger partial charge >= 0.3 is 0 Å². The Kier molecular flexibility index (Phi) is 2.65. The lowest BCUT2D eigenvalue weighted by molar-refractivity contribution is -0.173. The fraction of sp³-hybridized carbons (Fsp3) is 1.00. The Bertz CT molecular complexity index is 224. The van der Waals surface area contributed by atoms with Gasteiger partial charge in [-0.2, -0.15) is 0 Å². The zero-order valence-corrected chi connectivity index (χ0v) is 10.6. The van der Waals surface area contributed by atoms with Crippen molar-refractivity contribution >= 4 is 0 Å². The van der Waals surface area contributed by atoms with Crippen LogP contribution in [0, 0.1) is 10.8 Å². The average Bonchev–Trinajstić information content (AvgIpc) is 2.15. The van der Waals surface area contributed by atoms with Crippen molar-refractivity contribution in [1.29, 1.82) is 0 Å². The van der Waals surface area contributed by atoms with E-state index in [1.54, 1.807) is 0 Å². The summed E-state index contributed by atoms with van der Waals surface area (Å²) < 4.78 is 0. The van der Waals surface area contributed by atoms with E-state index in [9.17, 15) is 5.11 Å². The minimum absolute atomic E-state index is 0.205. The molecular formula is C14H26O. The normalized spacial score (nSPS) is 42.4. The predicted molar refractivity (Wildman–Crippen MR) is 63.8 cm³/mol. The van der Waals surface area contributed by atoms with Crippen LogP contribution in [0.1, 0.15) is 72.1 Å². The first-order valence-electron chi connectivity index (χ1n) is 6.64. The van der Waals surface area contributed by atoms with E-state index in [0.717, 1.165) is 0 Å². The van der Waals surface area contributed by atoms with Crippen LogP contribution in [0.15, 0.2) is 0 Å². The highest BCUT2D eigenvalue weighted by atomic mass is 16.3. The molecule has 0 radical (unpaired) electrons. The molecule has 0 unspecified atom stereocenters. The van der Waals surface area contributed by atoms with E-state index < -0.39 is 5.60 Å². The molecule has 2 saturated carbocycles. The van der Waals surface area contributed by atoms with Crippen LogP contribution in [0.2, 0.25) is 0 Å². The summed E-state index contributed by atoms with van der Waals surface area (Å²) in [5.41, 5.74) is 0.112. The minimum Gasteiger partial charge on any atom is -0.390 e. The first-order valence-corrected chi connectivity index (χ1v) is 6.64. The molecule has 0 atom stereocenters. The molecule has 88 valence electrons. The third kappa shape index (κ3) is 1.54. The number of hydrogen-bond donors (Lipinski definition) is 1. The van der Waals surface area contributed by atoms with E-state index in [1.807, 2.05) is 13.8 Å². The highest BCUT2D eigenvalue weighted by Crippen LogP contribution is 2.63. The third-order valence-electron chi connectivity index (χ3n) is 5.49. The van der Waals surface area contributed by atoms with Crippen LogP contribution in [-0.2, 0) is 0 Å². The number of fused-ring (bicyclic) bond motifs is 1. The highest BCUT2D eigenvalue weighted by molar-refractivity contribution is 5.07. The maximum Gasteiger partial charge on any atom is 0.0652 e. The van der Waals surface area contributed by atoms with Crippen LogP contribution >= 0.6 is 0 Å². The van der Waals surface area contributed by atoms with Gasteiger partial charge in [0.2, 0.25) is 0 Å². The Morgan fingerprint density at radius 3 is 1.60 bits per heavy atom. The van der Waals surface area contributed by atoms with Crippen LogP contribution in [0.5, 0.6) is 0 Å². The van der Waals surface area contributed by atoms with Crippen molar-refractivity contribution < 1.29 is 5.11 Å². The zero-order valence-electron chi connectivity index (χ0n) is 10.6. The summed E-state index contributed by atoms with van der Waals surface area (Å²) in [6, 6.07) is 0. The second-order valence-electron chi connectivity index (χ2n) is 6.62. The molecule has 0 aliphatic heterocycles. The van der Waals surface area contributed by atoms with Crippen molar-refractivity contribution in [2.75, 3.05) is 0 Å². The molecule has 0 bridgehead atoms. The molecule has 15 heavy (non-hydrogen) atoms. The molecule has 2 fully saturated rings. The van der Waals surface area contributed by atoms with E-state index in [2.05, 4.69) is 6.92 Å². The Balaban J connectivity index is 2.37. The summed E-state index contributed by atoms with van der Waals surface area (Å²) in [4.78, 5) is 0. The quantitative estimate of drug-likeness (QED) is 0.696. The second kappa shape index (κ2) is 3.48. The van der Waals surface area contributed by atoms with Crippen molar-refractivity contribution in [2.45, 2.75) is 77.7 Å². The van der Waals surface area contributed by atoms with Crippen molar-refractivity contribution in [3.63, 3.8) is 0 Å². The van der Waals surface area contributed by atoms with Gasteiger partial charge in [-0.3, -0.25) is 0 Å². The monoisotopic (exact) mass is 210 g/mol. The molecule has 0 heterocycles. The van der Waals surface area contributed by atoms with Gasteiger partial charge in [-0.15, -0.1) is 0 Å². The summed E-state index contributed by atoms with van der Waals surface area (Å²) in [6.07, 6.45) is 10.5. The van der Waals surface area contributed by atoms with E-state index in [0.29, 0.717) is 5.41 Å². The summed E-state index contributed by atoms with van der Waals surface area (Å²) in [5, 5.41) is 10.6. The topological polar surface area (TPSA) is 20.2 Å². The number of aliphatic hydroxyl groups is 1. The lowest BCUT2D eigenvalue weighted by atomic mass is 9.46. The molecule has 0 spiro atoms.